The lowest BCUT2D eigenvalue weighted by Gasteiger charge is -2.18. The fraction of sp³-hybridized carbons (Fsp3) is 0.823. The van der Waals surface area contributed by atoms with Crippen molar-refractivity contribution in [3.05, 3.63) is 48.6 Å². The van der Waals surface area contributed by atoms with E-state index in [4.69, 9.17) is 14.2 Å². The molecule has 0 fully saturated rings. The van der Waals surface area contributed by atoms with Crippen molar-refractivity contribution in [2.24, 2.45) is 0 Å². The Labute approximate surface area is 422 Å². The Morgan fingerprint density at radius 3 is 0.897 bits per heavy atom. The highest BCUT2D eigenvalue weighted by Crippen LogP contribution is 2.17. The summed E-state index contributed by atoms with van der Waals surface area (Å²) in [6.07, 6.45) is 69.6. The molecule has 0 bridgehead atoms. The number of esters is 3. The molecule has 0 amide bonds. The number of carbonyl (C=O) groups excluding carboxylic acids is 3. The first kappa shape index (κ1) is 65.4. The minimum atomic E-state index is -0.775. The molecule has 1 atom stereocenters. The molecule has 0 radical (unpaired) electrons. The van der Waals surface area contributed by atoms with Crippen LogP contribution >= 0.6 is 0 Å². The Morgan fingerprint density at radius 2 is 0.574 bits per heavy atom. The van der Waals surface area contributed by atoms with Gasteiger partial charge in [0, 0.05) is 19.3 Å². The van der Waals surface area contributed by atoms with Crippen LogP contribution in [0.5, 0.6) is 0 Å². The van der Waals surface area contributed by atoms with Gasteiger partial charge in [-0.15, -0.1) is 0 Å². The maximum absolute atomic E-state index is 12.9. The van der Waals surface area contributed by atoms with Gasteiger partial charge in [0.25, 0.3) is 0 Å². The van der Waals surface area contributed by atoms with Gasteiger partial charge >= 0.3 is 17.9 Å². The molecule has 0 aliphatic rings. The maximum atomic E-state index is 12.9. The van der Waals surface area contributed by atoms with Gasteiger partial charge in [0.2, 0.25) is 0 Å². The van der Waals surface area contributed by atoms with Crippen molar-refractivity contribution in [2.45, 2.75) is 316 Å². The Hall–Kier alpha value is -2.63. The topological polar surface area (TPSA) is 78.9 Å². The van der Waals surface area contributed by atoms with E-state index in [1.54, 1.807) is 0 Å². The van der Waals surface area contributed by atoms with Crippen molar-refractivity contribution in [2.75, 3.05) is 13.2 Å². The third-order valence-corrected chi connectivity index (χ3v) is 13.1. The van der Waals surface area contributed by atoms with E-state index in [-0.39, 0.29) is 31.1 Å². The molecule has 0 aliphatic heterocycles. The molecule has 1 unspecified atom stereocenters. The number of hydrogen-bond donors (Lipinski definition) is 0. The molecule has 0 spiro atoms. The predicted molar refractivity (Wildman–Crippen MR) is 293 cm³/mol. The molecule has 68 heavy (non-hydrogen) atoms. The van der Waals surface area contributed by atoms with E-state index >= 15 is 0 Å². The Bertz CT molecular complexity index is 1190. The van der Waals surface area contributed by atoms with Crippen LogP contribution in [0.15, 0.2) is 48.6 Å². The van der Waals surface area contributed by atoms with Gasteiger partial charge in [-0.2, -0.15) is 0 Å². The first-order valence-electron chi connectivity index (χ1n) is 29.6. The van der Waals surface area contributed by atoms with Crippen LogP contribution in [0.4, 0.5) is 0 Å². The van der Waals surface area contributed by atoms with Crippen LogP contribution in [-0.4, -0.2) is 37.2 Å². The summed E-state index contributed by atoms with van der Waals surface area (Å²) in [6.45, 7) is 6.56. The van der Waals surface area contributed by atoms with E-state index in [2.05, 4.69) is 69.4 Å². The molecule has 0 aromatic heterocycles. The highest BCUT2D eigenvalue weighted by Gasteiger charge is 2.19. The minimum absolute atomic E-state index is 0.0732. The summed E-state index contributed by atoms with van der Waals surface area (Å²) in [4.78, 5) is 38.2. The summed E-state index contributed by atoms with van der Waals surface area (Å²) in [5.74, 6) is -0.870. The normalized spacial score (nSPS) is 12.3. The molecule has 0 aromatic carbocycles. The summed E-state index contributed by atoms with van der Waals surface area (Å²) >= 11 is 0. The molecular weight excluding hydrogens is 841 g/mol. The monoisotopic (exact) mass is 953 g/mol. The zero-order valence-electron chi connectivity index (χ0n) is 45.4. The molecule has 0 heterocycles. The lowest BCUT2D eigenvalue weighted by atomic mass is 10.0. The fourth-order valence-electron chi connectivity index (χ4n) is 8.67. The second-order valence-corrected chi connectivity index (χ2v) is 19.9. The molecule has 0 saturated heterocycles. The van der Waals surface area contributed by atoms with Gasteiger partial charge in [-0.05, 0) is 57.8 Å². The summed E-state index contributed by atoms with van der Waals surface area (Å²) in [5, 5.41) is 0. The minimum Gasteiger partial charge on any atom is -0.462 e. The molecule has 6 heteroatoms. The van der Waals surface area contributed by atoms with E-state index < -0.39 is 6.10 Å². The Balaban J connectivity index is 4.33. The van der Waals surface area contributed by atoms with Crippen LogP contribution < -0.4 is 0 Å². The highest BCUT2D eigenvalue weighted by atomic mass is 16.6. The molecule has 0 saturated carbocycles. The Morgan fingerprint density at radius 1 is 0.309 bits per heavy atom. The van der Waals surface area contributed by atoms with E-state index in [0.717, 1.165) is 89.9 Å². The number of unbranched alkanes of at least 4 members (excludes halogenated alkanes) is 35. The summed E-state index contributed by atoms with van der Waals surface area (Å²) < 4.78 is 16.9. The van der Waals surface area contributed by atoms with Crippen LogP contribution in [0.2, 0.25) is 0 Å². The number of carbonyl (C=O) groups is 3. The molecule has 6 nitrogen and oxygen atoms in total. The first-order chi connectivity index (χ1) is 33.5. The zero-order valence-corrected chi connectivity index (χ0v) is 45.4. The van der Waals surface area contributed by atoms with Crippen molar-refractivity contribution < 1.29 is 28.6 Å². The highest BCUT2D eigenvalue weighted by molar-refractivity contribution is 5.71. The average Bonchev–Trinajstić information content (AvgIpc) is 3.34. The van der Waals surface area contributed by atoms with Gasteiger partial charge in [0.15, 0.2) is 6.10 Å². The molecule has 0 rings (SSSR count). The largest absolute Gasteiger partial charge is 0.462 e. The van der Waals surface area contributed by atoms with Crippen LogP contribution in [0, 0.1) is 0 Å². The van der Waals surface area contributed by atoms with E-state index in [9.17, 15) is 14.4 Å². The third-order valence-electron chi connectivity index (χ3n) is 13.1. The lowest BCUT2D eigenvalue weighted by Crippen LogP contribution is -2.30. The second kappa shape index (κ2) is 57.0. The smallest absolute Gasteiger partial charge is 0.306 e. The van der Waals surface area contributed by atoms with Crippen LogP contribution in [-0.2, 0) is 28.6 Å². The molecule has 0 aromatic rings. The van der Waals surface area contributed by atoms with Gasteiger partial charge in [-0.3, -0.25) is 14.4 Å². The van der Waals surface area contributed by atoms with Gasteiger partial charge < -0.3 is 14.2 Å². The SMILES string of the molecule is CC/C=C\C/C=C\C/C=C\C/C=C\CCCCCCCCC(=O)OCC(COC(=O)CCCCCCCCCCCCCC)OC(=O)CCCCCCCCCCCCCCCCCCCCC. The quantitative estimate of drug-likeness (QED) is 0.0262. The molecule has 0 N–H and O–H groups in total. The van der Waals surface area contributed by atoms with Crippen molar-refractivity contribution in [1.82, 2.24) is 0 Å². The Kier molecular flexibility index (Phi) is 54.8. The summed E-state index contributed by atoms with van der Waals surface area (Å²) in [5.41, 5.74) is 0. The molecule has 396 valence electrons. The first-order valence-corrected chi connectivity index (χ1v) is 29.6. The molecular formula is C62H112O6. The van der Waals surface area contributed by atoms with Gasteiger partial charge in [-0.1, -0.05) is 281 Å². The second-order valence-electron chi connectivity index (χ2n) is 19.9. The van der Waals surface area contributed by atoms with Crippen LogP contribution in [0.3, 0.4) is 0 Å². The zero-order chi connectivity index (χ0) is 49.3. The van der Waals surface area contributed by atoms with Crippen LogP contribution in [0.1, 0.15) is 310 Å². The third kappa shape index (κ3) is 54.3. The van der Waals surface area contributed by atoms with Gasteiger partial charge in [0.05, 0.1) is 0 Å². The summed E-state index contributed by atoms with van der Waals surface area (Å²) in [7, 11) is 0. The van der Waals surface area contributed by atoms with Crippen molar-refractivity contribution in [3.8, 4) is 0 Å². The number of allylic oxidation sites excluding steroid dienone is 8. The number of ether oxygens (including phenoxy) is 3. The van der Waals surface area contributed by atoms with Gasteiger partial charge in [-0.25, -0.2) is 0 Å². The lowest BCUT2D eigenvalue weighted by molar-refractivity contribution is -0.167. The van der Waals surface area contributed by atoms with E-state index in [0.29, 0.717) is 19.3 Å². The standard InChI is InChI=1S/C62H112O6/c1-4-7-10-13-16-19-22-25-27-29-31-33-35-37-40-43-46-49-52-55-61(64)67-58-59(57-66-60(63)54-51-48-45-42-39-24-21-18-15-12-9-6-3)68-62(65)56-53-50-47-44-41-38-36-34-32-30-28-26-23-20-17-14-11-8-5-2/h7,10,16,19,25,27,31,33,59H,4-6,8-9,11-15,17-18,20-24,26,28-30,32,34-58H2,1-3H3/b10-7-,19-16-,27-25-,33-31-. The number of rotatable bonds is 54. The van der Waals surface area contributed by atoms with E-state index in [1.165, 1.54) is 180 Å². The fourth-order valence-corrected chi connectivity index (χ4v) is 8.67. The summed E-state index contributed by atoms with van der Waals surface area (Å²) in [6, 6.07) is 0. The van der Waals surface area contributed by atoms with Crippen molar-refractivity contribution >= 4 is 17.9 Å². The predicted octanol–water partition coefficient (Wildman–Crippen LogP) is 19.8. The van der Waals surface area contributed by atoms with Crippen molar-refractivity contribution in [3.63, 3.8) is 0 Å². The van der Waals surface area contributed by atoms with Crippen molar-refractivity contribution in [1.29, 1.82) is 0 Å². The average molecular weight is 954 g/mol. The molecule has 0 aliphatic carbocycles. The van der Waals surface area contributed by atoms with Gasteiger partial charge in [0.1, 0.15) is 13.2 Å². The van der Waals surface area contributed by atoms with E-state index in [1.807, 2.05) is 0 Å². The number of hydrogen-bond acceptors (Lipinski definition) is 6. The van der Waals surface area contributed by atoms with Crippen LogP contribution in [0.25, 0.3) is 0 Å². The maximum Gasteiger partial charge on any atom is 0.306 e.